The van der Waals surface area contributed by atoms with Crippen LogP contribution in [0.15, 0.2) is 36.4 Å². The first-order valence-electron chi connectivity index (χ1n) is 8.09. The molecule has 128 valence electrons. The van der Waals surface area contributed by atoms with E-state index in [0.29, 0.717) is 0 Å². The largest absolute Gasteiger partial charge is 0.497 e. The normalized spacial score (nSPS) is 16.1. The summed E-state index contributed by atoms with van der Waals surface area (Å²) in [5.41, 5.74) is 0.773. The zero-order valence-corrected chi connectivity index (χ0v) is 14.9. The minimum absolute atomic E-state index is 0.0604. The first-order valence-corrected chi connectivity index (χ1v) is 8.91. The number of hydrogen-bond donors (Lipinski definition) is 1. The molecule has 6 heteroatoms. The van der Waals surface area contributed by atoms with Gasteiger partial charge in [-0.05, 0) is 43.4 Å². The molecular weight excluding hydrogens is 322 g/mol. The summed E-state index contributed by atoms with van der Waals surface area (Å²) >= 11 is 1.57. The van der Waals surface area contributed by atoms with Crippen LogP contribution in [0.1, 0.15) is 14.5 Å². The van der Waals surface area contributed by atoms with Gasteiger partial charge in [0, 0.05) is 43.3 Å². The third-order valence-electron chi connectivity index (χ3n) is 4.21. The van der Waals surface area contributed by atoms with E-state index in [4.69, 9.17) is 4.74 Å². The van der Waals surface area contributed by atoms with E-state index in [2.05, 4.69) is 28.2 Å². The average molecular weight is 345 g/mol. The van der Waals surface area contributed by atoms with Crippen LogP contribution in [-0.2, 0) is 6.54 Å². The second-order valence-corrected chi connectivity index (χ2v) is 7.20. The molecule has 0 bridgehead atoms. The number of rotatable bonds is 5. The van der Waals surface area contributed by atoms with E-state index in [1.807, 2.05) is 30.3 Å². The van der Waals surface area contributed by atoms with E-state index in [9.17, 15) is 4.79 Å². The Morgan fingerprint density at radius 1 is 1.12 bits per heavy atom. The second kappa shape index (κ2) is 7.79. The summed E-state index contributed by atoms with van der Waals surface area (Å²) in [6, 6.07) is 11.3. The first kappa shape index (κ1) is 17.0. The van der Waals surface area contributed by atoms with Gasteiger partial charge in [0.15, 0.2) is 0 Å². The van der Waals surface area contributed by atoms with Crippen molar-refractivity contribution in [2.24, 2.45) is 0 Å². The van der Waals surface area contributed by atoms with Crippen molar-refractivity contribution >= 4 is 22.9 Å². The number of thiophene rings is 1. The lowest BCUT2D eigenvalue weighted by atomic mass is 10.3. The summed E-state index contributed by atoms with van der Waals surface area (Å²) in [4.78, 5) is 19.1. The second-order valence-electron chi connectivity index (χ2n) is 6.03. The molecule has 0 atom stereocenters. The van der Waals surface area contributed by atoms with Crippen molar-refractivity contribution in [1.82, 2.24) is 9.80 Å². The number of nitrogens with one attached hydrogen (secondary N) is 1. The van der Waals surface area contributed by atoms with Crippen LogP contribution < -0.4 is 10.1 Å². The van der Waals surface area contributed by atoms with Gasteiger partial charge in [-0.15, -0.1) is 11.3 Å². The van der Waals surface area contributed by atoms with Crippen LogP contribution in [0.25, 0.3) is 0 Å². The van der Waals surface area contributed by atoms with Crippen molar-refractivity contribution in [1.29, 1.82) is 0 Å². The smallest absolute Gasteiger partial charge is 0.265 e. The van der Waals surface area contributed by atoms with E-state index >= 15 is 0 Å². The summed E-state index contributed by atoms with van der Waals surface area (Å²) in [5, 5.41) is 2.93. The van der Waals surface area contributed by atoms with Crippen LogP contribution in [0.3, 0.4) is 0 Å². The number of methoxy groups -OCH3 is 1. The van der Waals surface area contributed by atoms with Crippen molar-refractivity contribution in [2.45, 2.75) is 6.54 Å². The Balaban J connectivity index is 1.56. The molecule has 1 aromatic carbocycles. The molecule has 0 saturated carbocycles. The molecule has 0 aliphatic carbocycles. The number of benzene rings is 1. The maximum absolute atomic E-state index is 12.4. The number of piperazine rings is 1. The fraction of sp³-hybridized carbons (Fsp3) is 0.389. The highest BCUT2D eigenvalue weighted by Gasteiger charge is 2.16. The zero-order valence-electron chi connectivity index (χ0n) is 14.1. The molecule has 1 aliphatic heterocycles. The summed E-state index contributed by atoms with van der Waals surface area (Å²) in [7, 11) is 3.78. The Morgan fingerprint density at radius 3 is 2.50 bits per heavy atom. The standard InChI is InChI=1S/C18H23N3O2S/c1-20-9-11-21(12-10-20)13-16-7-8-17(24-16)18(22)19-14-3-5-15(23-2)6-4-14/h3-8H,9-13H2,1-2H3,(H,19,22). The Hall–Kier alpha value is -1.89. The molecule has 1 N–H and O–H groups in total. The van der Waals surface area contributed by atoms with Crippen molar-refractivity contribution < 1.29 is 9.53 Å². The highest BCUT2D eigenvalue weighted by atomic mass is 32.1. The number of carbonyl (C=O) groups excluding carboxylic acids is 1. The molecule has 1 aliphatic rings. The quantitative estimate of drug-likeness (QED) is 0.905. The van der Waals surface area contributed by atoms with Crippen molar-refractivity contribution in [3.63, 3.8) is 0 Å². The summed E-state index contributed by atoms with van der Waals surface area (Å²) < 4.78 is 5.12. The van der Waals surface area contributed by atoms with E-state index in [1.165, 1.54) is 4.88 Å². The Morgan fingerprint density at radius 2 is 1.83 bits per heavy atom. The maximum atomic E-state index is 12.4. The molecule has 0 radical (unpaired) electrons. The van der Waals surface area contributed by atoms with Crippen LogP contribution in [0.4, 0.5) is 5.69 Å². The molecule has 24 heavy (non-hydrogen) atoms. The lowest BCUT2D eigenvalue weighted by molar-refractivity contribution is 0.103. The van der Waals surface area contributed by atoms with Crippen molar-refractivity contribution in [3.8, 4) is 5.75 Å². The number of hydrogen-bond acceptors (Lipinski definition) is 5. The Labute approximate surface area is 146 Å². The maximum Gasteiger partial charge on any atom is 0.265 e. The Kier molecular flexibility index (Phi) is 5.50. The number of carbonyl (C=O) groups is 1. The van der Waals surface area contributed by atoms with Gasteiger partial charge in [0.05, 0.1) is 12.0 Å². The van der Waals surface area contributed by atoms with Crippen molar-refractivity contribution in [3.05, 3.63) is 46.2 Å². The minimum atomic E-state index is -0.0604. The van der Waals surface area contributed by atoms with Gasteiger partial charge in [0.1, 0.15) is 5.75 Å². The molecule has 5 nitrogen and oxygen atoms in total. The molecule has 1 saturated heterocycles. The molecule has 0 spiro atoms. The number of anilines is 1. The van der Waals surface area contributed by atoms with Crippen LogP contribution in [0, 0.1) is 0 Å². The van der Waals surface area contributed by atoms with E-state index in [0.717, 1.165) is 49.0 Å². The summed E-state index contributed by atoms with van der Waals surface area (Å²) in [6.45, 7) is 5.31. The summed E-state index contributed by atoms with van der Waals surface area (Å²) in [6.07, 6.45) is 0. The SMILES string of the molecule is COc1ccc(NC(=O)c2ccc(CN3CCN(C)CC3)s2)cc1. The predicted octanol–water partition coefficient (Wildman–Crippen LogP) is 2.76. The monoisotopic (exact) mass is 345 g/mol. The highest BCUT2D eigenvalue weighted by Crippen LogP contribution is 2.21. The van der Waals surface area contributed by atoms with Crippen LogP contribution in [-0.4, -0.2) is 56.0 Å². The van der Waals surface area contributed by atoms with Gasteiger partial charge in [0.2, 0.25) is 0 Å². The molecule has 3 rings (SSSR count). The van der Waals surface area contributed by atoms with Crippen LogP contribution >= 0.6 is 11.3 Å². The average Bonchev–Trinajstić information content (AvgIpc) is 3.06. The molecule has 2 heterocycles. The molecule has 1 aromatic heterocycles. The fourth-order valence-corrected chi connectivity index (χ4v) is 3.62. The lowest BCUT2D eigenvalue weighted by Crippen LogP contribution is -2.43. The zero-order chi connectivity index (χ0) is 16.9. The number of likely N-dealkylation sites (N-methyl/N-ethyl adjacent to an activating group) is 1. The van der Waals surface area contributed by atoms with Gasteiger partial charge in [-0.2, -0.15) is 0 Å². The van der Waals surface area contributed by atoms with Gasteiger partial charge in [-0.1, -0.05) is 0 Å². The third kappa shape index (κ3) is 4.35. The fourth-order valence-electron chi connectivity index (χ4n) is 2.68. The first-order chi connectivity index (χ1) is 11.6. The van der Waals surface area contributed by atoms with Gasteiger partial charge >= 0.3 is 0 Å². The van der Waals surface area contributed by atoms with Gasteiger partial charge in [0.25, 0.3) is 5.91 Å². The molecule has 0 unspecified atom stereocenters. The van der Waals surface area contributed by atoms with Crippen molar-refractivity contribution in [2.75, 3.05) is 45.7 Å². The Bertz CT molecular complexity index is 676. The number of ether oxygens (including phenoxy) is 1. The third-order valence-corrected chi connectivity index (χ3v) is 5.28. The van der Waals surface area contributed by atoms with Gasteiger partial charge < -0.3 is 15.0 Å². The summed E-state index contributed by atoms with van der Waals surface area (Å²) in [5.74, 6) is 0.716. The van der Waals surface area contributed by atoms with E-state index in [1.54, 1.807) is 18.4 Å². The van der Waals surface area contributed by atoms with Crippen LogP contribution in [0.5, 0.6) is 5.75 Å². The van der Waals surface area contributed by atoms with Gasteiger partial charge in [-0.25, -0.2) is 0 Å². The molecular formula is C18H23N3O2S. The topological polar surface area (TPSA) is 44.8 Å². The molecule has 1 amide bonds. The molecule has 2 aromatic rings. The number of nitrogens with zero attached hydrogens (tertiary/aromatic N) is 2. The molecule has 1 fully saturated rings. The minimum Gasteiger partial charge on any atom is -0.497 e. The van der Waals surface area contributed by atoms with Gasteiger partial charge in [-0.3, -0.25) is 9.69 Å². The van der Waals surface area contributed by atoms with Crippen LogP contribution in [0.2, 0.25) is 0 Å². The number of amides is 1. The lowest BCUT2D eigenvalue weighted by Gasteiger charge is -2.31. The highest BCUT2D eigenvalue weighted by molar-refractivity contribution is 7.14. The van der Waals surface area contributed by atoms with E-state index < -0.39 is 0 Å². The van der Waals surface area contributed by atoms with E-state index in [-0.39, 0.29) is 5.91 Å². The predicted molar refractivity (Wildman–Crippen MR) is 98.0 cm³/mol.